The Balaban J connectivity index is 2.09. The molecule has 1 saturated heterocycles. The normalized spacial score (nSPS) is 18.3. The third-order valence-corrected chi connectivity index (χ3v) is 4.39. The van der Waals surface area contributed by atoms with E-state index < -0.39 is 5.92 Å². The molecular formula is C20H29N3O4. The van der Waals surface area contributed by atoms with Crippen molar-refractivity contribution in [3.63, 3.8) is 0 Å². The zero-order valence-corrected chi connectivity index (χ0v) is 16.7. The first-order valence-corrected chi connectivity index (χ1v) is 9.13. The average molecular weight is 375 g/mol. The molecule has 7 nitrogen and oxygen atoms in total. The maximum atomic E-state index is 12.7. The molecular weight excluding hydrogens is 346 g/mol. The molecule has 2 atom stereocenters. The fourth-order valence-corrected chi connectivity index (χ4v) is 3.10. The number of ether oxygens (including phenoxy) is 1. The highest BCUT2D eigenvalue weighted by Gasteiger charge is 2.36. The molecule has 0 spiro atoms. The van der Waals surface area contributed by atoms with Crippen LogP contribution in [0.3, 0.4) is 0 Å². The van der Waals surface area contributed by atoms with Crippen molar-refractivity contribution in [1.29, 1.82) is 0 Å². The van der Waals surface area contributed by atoms with Gasteiger partial charge in [0.15, 0.2) is 0 Å². The zero-order valence-electron chi connectivity index (χ0n) is 16.7. The number of hydrogen-bond donors (Lipinski definition) is 2. The van der Waals surface area contributed by atoms with Gasteiger partial charge in [0.2, 0.25) is 11.8 Å². The second kappa shape index (κ2) is 8.52. The molecule has 1 aliphatic heterocycles. The lowest BCUT2D eigenvalue weighted by Crippen LogP contribution is -2.41. The Kier molecular flexibility index (Phi) is 6.59. The molecule has 2 N–H and O–H groups in total. The third-order valence-electron chi connectivity index (χ3n) is 4.39. The van der Waals surface area contributed by atoms with Gasteiger partial charge in [-0.15, -0.1) is 0 Å². The van der Waals surface area contributed by atoms with Crippen LogP contribution < -0.4 is 10.6 Å². The molecule has 27 heavy (non-hydrogen) atoms. The lowest BCUT2D eigenvalue weighted by Gasteiger charge is -2.24. The predicted molar refractivity (Wildman–Crippen MR) is 103 cm³/mol. The minimum atomic E-state index is -0.449. The number of carbonyl (C=O) groups is 3. The minimum Gasteiger partial charge on any atom is -0.383 e. The van der Waals surface area contributed by atoms with E-state index in [2.05, 4.69) is 10.6 Å². The molecule has 1 aromatic rings. The number of rotatable bonds is 6. The van der Waals surface area contributed by atoms with Gasteiger partial charge in [-0.2, -0.15) is 0 Å². The SMILES string of the molecule is COC[C@@H](C)N1C[C@@H](C(=O)Nc2ccccc2C(=O)NC(C)(C)C)CC1=O. The van der Waals surface area contributed by atoms with Crippen LogP contribution in [0, 0.1) is 5.92 Å². The number of methoxy groups -OCH3 is 1. The smallest absolute Gasteiger partial charge is 0.253 e. The second-order valence-electron chi connectivity index (χ2n) is 7.99. The molecule has 7 heteroatoms. The van der Waals surface area contributed by atoms with Crippen molar-refractivity contribution < 1.29 is 19.1 Å². The molecule has 0 unspecified atom stereocenters. The number of anilines is 1. The number of amides is 3. The van der Waals surface area contributed by atoms with Crippen LogP contribution in [0.25, 0.3) is 0 Å². The van der Waals surface area contributed by atoms with Crippen LogP contribution in [-0.2, 0) is 14.3 Å². The number of carbonyl (C=O) groups excluding carboxylic acids is 3. The summed E-state index contributed by atoms with van der Waals surface area (Å²) in [4.78, 5) is 39.1. The average Bonchev–Trinajstić information content (AvgIpc) is 2.96. The highest BCUT2D eigenvalue weighted by molar-refractivity contribution is 6.05. The van der Waals surface area contributed by atoms with Gasteiger partial charge in [0.25, 0.3) is 5.91 Å². The highest BCUT2D eigenvalue weighted by Crippen LogP contribution is 2.23. The molecule has 0 saturated carbocycles. The van der Waals surface area contributed by atoms with E-state index in [-0.39, 0.29) is 35.7 Å². The van der Waals surface area contributed by atoms with Gasteiger partial charge in [0.1, 0.15) is 0 Å². The first-order valence-electron chi connectivity index (χ1n) is 9.13. The first-order chi connectivity index (χ1) is 12.6. The minimum absolute atomic E-state index is 0.0570. The molecule has 1 heterocycles. The number of para-hydroxylation sites is 1. The Morgan fingerprint density at radius 2 is 1.96 bits per heavy atom. The van der Waals surface area contributed by atoms with Gasteiger partial charge in [-0.25, -0.2) is 0 Å². The molecule has 0 aliphatic carbocycles. The fourth-order valence-electron chi connectivity index (χ4n) is 3.10. The molecule has 0 bridgehead atoms. The van der Waals surface area contributed by atoms with Crippen LogP contribution in [0.2, 0.25) is 0 Å². The lowest BCUT2D eigenvalue weighted by atomic mass is 10.1. The summed E-state index contributed by atoms with van der Waals surface area (Å²) in [5, 5.41) is 5.72. The van der Waals surface area contributed by atoms with Gasteiger partial charge in [-0.1, -0.05) is 12.1 Å². The first kappa shape index (κ1) is 20.9. The van der Waals surface area contributed by atoms with E-state index in [1.807, 2.05) is 27.7 Å². The summed E-state index contributed by atoms with van der Waals surface area (Å²) in [5.41, 5.74) is 0.458. The van der Waals surface area contributed by atoms with E-state index in [9.17, 15) is 14.4 Å². The highest BCUT2D eigenvalue weighted by atomic mass is 16.5. The fraction of sp³-hybridized carbons (Fsp3) is 0.550. The Morgan fingerprint density at radius 1 is 1.30 bits per heavy atom. The van der Waals surface area contributed by atoms with Crippen LogP contribution in [-0.4, -0.2) is 54.5 Å². The number of nitrogens with one attached hydrogen (secondary N) is 2. The van der Waals surface area contributed by atoms with E-state index in [0.29, 0.717) is 24.4 Å². The van der Waals surface area contributed by atoms with E-state index in [0.717, 1.165) is 0 Å². The van der Waals surface area contributed by atoms with Crippen molar-refractivity contribution >= 4 is 23.4 Å². The van der Waals surface area contributed by atoms with Crippen LogP contribution in [0.15, 0.2) is 24.3 Å². The van der Waals surface area contributed by atoms with Crippen LogP contribution in [0.5, 0.6) is 0 Å². The zero-order chi connectivity index (χ0) is 20.2. The second-order valence-corrected chi connectivity index (χ2v) is 7.99. The quantitative estimate of drug-likeness (QED) is 0.796. The largest absolute Gasteiger partial charge is 0.383 e. The molecule has 0 radical (unpaired) electrons. The van der Waals surface area contributed by atoms with Crippen molar-refractivity contribution in [2.45, 2.75) is 45.7 Å². The van der Waals surface area contributed by atoms with Crippen molar-refractivity contribution in [3.8, 4) is 0 Å². The van der Waals surface area contributed by atoms with Crippen LogP contribution >= 0.6 is 0 Å². The number of likely N-dealkylation sites (tertiary alicyclic amines) is 1. The maximum Gasteiger partial charge on any atom is 0.253 e. The van der Waals surface area contributed by atoms with Gasteiger partial charge in [0.05, 0.1) is 29.8 Å². The van der Waals surface area contributed by atoms with Gasteiger partial charge >= 0.3 is 0 Å². The van der Waals surface area contributed by atoms with Crippen molar-refractivity contribution in [2.75, 3.05) is 25.6 Å². The molecule has 3 amide bonds. The summed E-state index contributed by atoms with van der Waals surface area (Å²) in [6.45, 7) is 8.36. The number of nitrogens with zero attached hydrogens (tertiary/aromatic N) is 1. The number of benzene rings is 1. The summed E-state index contributed by atoms with van der Waals surface area (Å²) < 4.78 is 5.10. The van der Waals surface area contributed by atoms with Crippen molar-refractivity contribution in [1.82, 2.24) is 10.2 Å². The standard InChI is InChI=1S/C20H29N3O4/c1-13(12-27-5)23-11-14(10-17(23)24)18(25)21-16-9-7-6-8-15(16)19(26)22-20(2,3)4/h6-9,13-14H,10-12H2,1-5H3,(H,21,25)(H,22,26)/t13-,14+/m1/s1. The molecule has 0 aromatic heterocycles. The predicted octanol–water partition coefficient (Wildman–Crippen LogP) is 2.04. The Bertz CT molecular complexity index is 711. The third kappa shape index (κ3) is 5.53. The van der Waals surface area contributed by atoms with Gasteiger partial charge in [-0.05, 0) is 39.8 Å². The molecule has 1 aliphatic rings. The van der Waals surface area contributed by atoms with Gasteiger partial charge in [0, 0.05) is 25.6 Å². The van der Waals surface area contributed by atoms with E-state index in [4.69, 9.17) is 4.74 Å². The Morgan fingerprint density at radius 3 is 2.59 bits per heavy atom. The van der Waals surface area contributed by atoms with Crippen LogP contribution in [0.1, 0.15) is 44.5 Å². The van der Waals surface area contributed by atoms with Crippen molar-refractivity contribution in [3.05, 3.63) is 29.8 Å². The molecule has 1 fully saturated rings. The van der Waals surface area contributed by atoms with Gasteiger partial charge < -0.3 is 20.3 Å². The monoisotopic (exact) mass is 375 g/mol. The molecule has 2 rings (SSSR count). The van der Waals surface area contributed by atoms with E-state index >= 15 is 0 Å². The van der Waals surface area contributed by atoms with E-state index in [1.54, 1.807) is 36.3 Å². The summed E-state index contributed by atoms with van der Waals surface area (Å²) in [6, 6.07) is 6.79. The van der Waals surface area contributed by atoms with Crippen molar-refractivity contribution in [2.24, 2.45) is 5.92 Å². The summed E-state index contributed by atoms with van der Waals surface area (Å²) in [7, 11) is 1.58. The molecule has 1 aromatic carbocycles. The Labute approximate surface area is 160 Å². The summed E-state index contributed by atoms with van der Waals surface area (Å²) in [6.07, 6.45) is 0.163. The lowest BCUT2D eigenvalue weighted by molar-refractivity contribution is -0.130. The van der Waals surface area contributed by atoms with Crippen LogP contribution in [0.4, 0.5) is 5.69 Å². The van der Waals surface area contributed by atoms with Gasteiger partial charge in [-0.3, -0.25) is 14.4 Å². The van der Waals surface area contributed by atoms with E-state index in [1.165, 1.54) is 0 Å². The maximum absolute atomic E-state index is 12.7. The Hall–Kier alpha value is -2.41. The summed E-state index contributed by atoms with van der Waals surface area (Å²) in [5.74, 6) is -1.02. The molecule has 148 valence electrons. The topological polar surface area (TPSA) is 87.7 Å². The number of hydrogen-bond acceptors (Lipinski definition) is 4. The summed E-state index contributed by atoms with van der Waals surface area (Å²) >= 11 is 0.